The topological polar surface area (TPSA) is 74.8 Å². The average molecular weight is 171 g/mol. The van der Waals surface area contributed by atoms with Crippen LogP contribution in [0.2, 0.25) is 0 Å². The first kappa shape index (κ1) is 8.38. The van der Waals surface area contributed by atoms with E-state index in [-0.39, 0.29) is 11.9 Å². The molecule has 0 fully saturated rings. The van der Waals surface area contributed by atoms with Crippen LogP contribution in [0.4, 0.5) is 10.3 Å². The maximum absolute atomic E-state index is 12.3. The fourth-order valence-corrected chi connectivity index (χ4v) is 0.610. The van der Waals surface area contributed by atoms with Crippen LogP contribution in [-0.2, 0) is 4.79 Å². The van der Waals surface area contributed by atoms with Crippen molar-refractivity contribution in [2.24, 2.45) is 0 Å². The molecular weight excluding hydrogens is 165 g/mol. The first-order valence-electron chi connectivity index (χ1n) is 3.12. The SMILES string of the molecule is CC(=O)Nc1ncc(F)c(=O)[nH]1. The molecule has 64 valence electrons. The molecule has 0 atom stereocenters. The second-order valence-corrected chi connectivity index (χ2v) is 2.09. The third-order valence-corrected chi connectivity index (χ3v) is 1.05. The average Bonchev–Trinajstić information content (AvgIpc) is 1.96. The number of hydrogen-bond donors (Lipinski definition) is 2. The zero-order valence-electron chi connectivity index (χ0n) is 6.22. The highest BCUT2D eigenvalue weighted by atomic mass is 19.1. The van der Waals surface area contributed by atoms with Gasteiger partial charge in [-0.3, -0.25) is 19.9 Å². The number of rotatable bonds is 1. The van der Waals surface area contributed by atoms with Crippen LogP contribution in [0.3, 0.4) is 0 Å². The number of amides is 1. The highest BCUT2D eigenvalue weighted by molar-refractivity contribution is 5.86. The summed E-state index contributed by atoms with van der Waals surface area (Å²) in [6.45, 7) is 1.25. The Balaban J connectivity index is 2.97. The molecule has 6 heteroatoms. The molecule has 1 amide bonds. The fourth-order valence-electron chi connectivity index (χ4n) is 0.610. The monoisotopic (exact) mass is 171 g/mol. The molecule has 2 N–H and O–H groups in total. The number of aromatic nitrogens is 2. The molecule has 12 heavy (non-hydrogen) atoms. The van der Waals surface area contributed by atoms with Crippen LogP contribution >= 0.6 is 0 Å². The van der Waals surface area contributed by atoms with E-state index in [1.165, 1.54) is 6.92 Å². The lowest BCUT2D eigenvalue weighted by molar-refractivity contribution is -0.114. The summed E-state index contributed by atoms with van der Waals surface area (Å²) in [6.07, 6.45) is 0.740. The van der Waals surface area contributed by atoms with Gasteiger partial charge in [-0.2, -0.15) is 4.39 Å². The summed E-state index contributed by atoms with van der Waals surface area (Å²) in [5.74, 6) is -1.43. The highest BCUT2D eigenvalue weighted by Crippen LogP contribution is 1.92. The summed E-state index contributed by atoms with van der Waals surface area (Å²) in [5.41, 5.74) is -0.909. The van der Waals surface area contributed by atoms with Gasteiger partial charge in [-0.25, -0.2) is 4.98 Å². The van der Waals surface area contributed by atoms with Gasteiger partial charge in [0, 0.05) is 6.92 Å². The van der Waals surface area contributed by atoms with Gasteiger partial charge in [0.1, 0.15) is 0 Å². The smallest absolute Gasteiger partial charge is 0.288 e. The van der Waals surface area contributed by atoms with Crippen LogP contribution in [0.5, 0.6) is 0 Å². The summed E-state index contributed by atoms with van der Waals surface area (Å²) in [7, 11) is 0. The largest absolute Gasteiger partial charge is 0.296 e. The predicted molar refractivity (Wildman–Crippen MR) is 39.1 cm³/mol. The quantitative estimate of drug-likeness (QED) is 0.617. The lowest BCUT2D eigenvalue weighted by atomic mass is 10.6. The minimum atomic E-state index is -0.982. The normalized spacial score (nSPS) is 9.50. The van der Waals surface area contributed by atoms with E-state index in [1.54, 1.807) is 0 Å². The van der Waals surface area contributed by atoms with Gasteiger partial charge in [0.25, 0.3) is 5.56 Å². The molecule has 0 spiro atoms. The van der Waals surface area contributed by atoms with E-state index in [4.69, 9.17) is 0 Å². The summed E-state index contributed by atoms with van der Waals surface area (Å²) in [6, 6.07) is 0. The van der Waals surface area contributed by atoms with Crippen LogP contribution in [0.25, 0.3) is 0 Å². The number of H-pyrrole nitrogens is 1. The number of halogens is 1. The molecule has 1 rings (SSSR count). The van der Waals surface area contributed by atoms with Crippen molar-refractivity contribution in [1.29, 1.82) is 0 Å². The van der Waals surface area contributed by atoms with Crippen LogP contribution in [0, 0.1) is 5.82 Å². The third-order valence-electron chi connectivity index (χ3n) is 1.05. The molecule has 0 saturated carbocycles. The van der Waals surface area contributed by atoms with E-state index in [2.05, 4.69) is 10.3 Å². The Labute approximate surface area is 66.6 Å². The highest BCUT2D eigenvalue weighted by Gasteiger charge is 2.01. The molecular formula is C6H6FN3O2. The maximum Gasteiger partial charge on any atom is 0.288 e. The number of carbonyl (C=O) groups excluding carboxylic acids is 1. The molecule has 0 aromatic carbocycles. The van der Waals surface area contributed by atoms with Crippen molar-refractivity contribution in [3.63, 3.8) is 0 Å². The standard InChI is InChI=1S/C6H6FN3O2/c1-3(11)9-6-8-2-4(7)5(12)10-6/h2H,1H3,(H2,8,9,10,11,12). The fraction of sp³-hybridized carbons (Fsp3) is 0.167. The summed E-state index contributed by atoms with van der Waals surface area (Å²) >= 11 is 0. The Bertz CT molecular complexity index is 360. The van der Waals surface area contributed by atoms with E-state index in [0.29, 0.717) is 0 Å². The molecule has 0 aliphatic carbocycles. The first-order chi connectivity index (χ1) is 5.59. The van der Waals surface area contributed by atoms with Gasteiger partial charge in [-0.1, -0.05) is 0 Å². The number of aromatic amines is 1. The van der Waals surface area contributed by atoms with Crippen LogP contribution in [-0.4, -0.2) is 15.9 Å². The Morgan fingerprint density at radius 1 is 1.75 bits per heavy atom. The van der Waals surface area contributed by atoms with Crippen molar-refractivity contribution in [2.75, 3.05) is 5.32 Å². The van der Waals surface area contributed by atoms with Crippen molar-refractivity contribution >= 4 is 11.9 Å². The Morgan fingerprint density at radius 2 is 2.42 bits per heavy atom. The molecule has 0 radical (unpaired) electrons. The van der Waals surface area contributed by atoms with E-state index in [0.717, 1.165) is 6.20 Å². The molecule has 1 aromatic rings. The Kier molecular flexibility index (Phi) is 2.18. The predicted octanol–water partition coefficient (Wildman–Crippen LogP) is -0.133. The van der Waals surface area contributed by atoms with Crippen molar-refractivity contribution in [2.45, 2.75) is 6.92 Å². The zero-order valence-corrected chi connectivity index (χ0v) is 6.22. The molecule has 0 bridgehead atoms. The number of nitrogens with one attached hydrogen (secondary N) is 2. The van der Waals surface area contributed by atoms with E-state index in [9.17, 15) is 14.0 Å². The zero-order chi connectivity index (χ0) is 9.14. The second-order valence-electron chi connectivity index (χ2n) is 2.09. The van der Waals surface area contributed by atoms with Gasteiger partial charge in [0.05, 0.1) is 6.20 Å². The van der Waals surface area contributed by atoms with E-state index in [1.807, 2.05) is 4.98 Å². The minimum Gasteiger partial charge on any atom is -0.296 e. The molecule has 1 heterocycles. The van der Waals surface area contributed by atoms with Gasteiger partial charge in [0.2, 0.25) is 17.7 Å². The summed E-state index contributed by atoms with van der Waals surface area (Å²) in [5, 5.41) is 2.20. The van der Waals surface area contributed by atoms with E-state index < -0.39 is 11.4 Å². The van der Waals surface area contributed by atoms with Crippen molar-refractivity contribution < 1.29 is 9.18 Å². The number of hydrogen-bond acceptors (Lipinski definition) is 3. The van der Waals surface area contributed by atoms with Gasteiger partial charge < -0.3 is 0 Å². The second kappa shape index (κ2) is 3.12. The minimum absolute atomic E-state index is 0.0612. The summed E-state index contributed by atoms with van der Waals surface area (Å²) in [4.78, 5) is 26.5. The number of anilines is 1. The van der Waals surface area contributed by atoms with Crippen LogP contribution in [0.15, 0.2) is 11.0 Å². The molecule has 0 aliphatic heterocycles. The number of nitrogens with zero attached hydrogens (tertiary/aromatic N) is 1. The first-order valence-corrected chi connectivity index (χ1v) is 3.12. The Hall–Kier alpha value is -1.72. The lowest BCUT2D eigenvalue weighted by Crippen LogP contribution is -2.17. The van der Waals surface area contributed by atoms with Gasteiger partial charge >= 0.3 is 0 Å². The van der Waals surface area contributed by atoms with Crippen LogP contribution < -0.4 is 10.9 Å². The van der Waals surface area contributed by atoms with Gasteiger partial charge in [0.15, 0.2) is 0 Å². The van der Waals surface area contributed by atoms with Crippen molar-refractivity contribution in [3.05, 3.63) is 22.4 Å². The molecule has 0 unspecified atom stereocenters. The number of carbonyl (C=O) groups is 1. The van der Waals surface area contributed by atoms with Gasteiger partial charge in [-0.15, -0.1) is 0 Å². The third kappa shape index (κ3) is 1.88. The molecule has 0 aliphatic rings. The van der Waals surface area contributed by atoms with Crippen molar-refractivity contribution in [1.82, 2.24) is 9.97 Å². The summed E-state index contributed by atoms with van der Waals surface area (Å²) < 4.78 is 12.3. The van der Waals surface area contributed by atoms with E-state index >= 15 is 0 Å². The maximum atomic E-state index is 12.3. The van der Waals surface area contributed by atoms with Gasteiger partial charge in [-0.05, 0) is 0 Å². The lowest BCUT2D eigenvalue weighted by Gasteiger charge is -1.97. The molecule has 5 nitrogen and oxygen atoms in total. The van der Waals surface area contributed by atoms with Crippen LogP contribution in [0.1, 0.15) is 6.92 Å². The van der Waals surface area contributed by atoms with Crippen molar-refractivity contribution in [3.8, 4) is 0 Å². The Morgan fingerprint density at radius 3 is 2.92 bits per heavy atom. The molecule has 1 aromatic heterocycles. The molecule has 0 saturated heterocycles.